The Hall–Kier alpha value is -1.32. The van der Waals surface area contributed by atoms with Crippen LogP contribution in [0, 0.1) is 5.92 Å². The molecule has 0 amide bonds. The molecular weight excluding hydrogens is 266 g/mol. The molecule has 1 N–H and O–H groups in total. The van der Waals surface area contributed by atoms with Crippen molar-refractivity contribution in [3.63, 3.8) is 0 Å². The lowest BCUT2D eigenvalue weighted by Gasteiger charge is -2.41. The molecule has 2 atom stereocenters. The average Bonchev–Trinajstić information content (AvgIpc) is 3.12. The van der Waals surface area contributed by atoms with Crippen LogP contribution in [-0.4, -0.2) is 13.7 Å². The lowest BCUT2D eigenvalue weighted by molar-refractivity contribution is 0.224. The summed E-state index contributed by atoms with van der Waals surface area (Å²) in [6.45, 7) is 1.10. The van der Waals surface area contributed by atoms with Gasteiger partial charge in [0, 0.05) is 4.88 Å². The summed E-state index contributed by atoms with van der Waals surface area (Å²) >= 11 is 1.87. The molecule has 1 aliphatic carbocycles. The molecule has 2 unspecified atom stereocenters. The van der Waals surface area contributed by atoms with Gasteiger partial charge in [-0.2, -0.15) is 0 Å². The number of fused-ring (bicyclic) bond motifs is 3. The van der Waals surface area contributed by atoms with Crippen LogP contribution in [-0.2, 0) is 12.0 Å². The minimum atomic E-state index is 0.0241. The number of hydrogen-bond donors (Lipinski definition) is 1. The smallest absolute Gasteiger partial charge is 0.119 e. The van der Waals surface area contributed by atoms with Crippen LogP contribution in [0.15, 0.2) is 35.7 Å². The summed E-state index contributed by atoms with van der Waals surface area (Å²) in [7, 11) is 1.75. The Kier molecular flexibility index (Phi) is 2.86. The standard InChI is InChI=1S/C17H19NOS/c1-19-14-7-6-12-10-13-4-2-8-18-17(13,15(12)11-14)16-5-3-9-20-16/h3,5-7,9,11,13,18H,2,4,8,10H2,1H3. The van der Waals surface area contributed by atoms with Crippen LogP contribution in [0.2, 0.25) is 0 Å². The number of hydrogen-bond acceptors (Lipinski definition) is 3. The molecule has 2 heterocycles. The molecule has 0 spiro atoms. The van der Waals surface area contributed by atoms with Crippen molar-refractivity contribution in [1.82, 2.24) is 5.32 Å². The number of thiophene rings is 1. The molecular formula is C17H19NOS. The minimum Gasteiger partial charge on any atom is -0.497 e. The van der Waals surface area contributed by atoms with E-state index >= 15 is 0 Å². The first-order valence-corrected chi connectivity index (χ1v) is 8.19. The van der Waals surface area contributed by atoms with Gasteiger partial charge in [0.25, 0.3) is 0 Å². The van der Waals surface area contributed by atoms with Gasteiger partial charge in [-0.15, -0.1) is 11.3 Å². The molecule has 20 heavy (non-hydrogen) atoms. The number of benzene rings is 1. The van der Waals surface area contributed by atoms with E-state index in [0.717, 1.165) is 12.3 Å². The molecule has 1 aliphatic heterocycles. The van der Waals surface area contributed by atoms with Crippen LogP contribution in [0.4, 0.5) is 0 Å². The summed E-state index contributed by atoms with van der Waals surface area (Å²) in [5, 5.41) is 6.05. The van der Waals surface area contributed by atoms with Crippen LogP contribution < -0.4 is 10.1 Å². The minimum absolute atomic E-state index is 0.0241. The zero-order chi connectivity index (χ0) is 13.6. The van der Waals surface area contributed by atoms with Gasteiger partial charge in [0.15, 0.2) is 0 Å². The molecule has 1 aromatic heterocycles. The molecule has 104 valence electrons. The van der Waals surface area contributed by atoms with Crippen molar-refractivity contribution in [2.45, 2.75) is 24.8 Å². The highest BCUT2D eigenvalue weighted by Gasteiger charge is 2.49. The lowest BCUT2D eigenvalue weighted by atomic mass is 9.77. The quantitative estimate of drug-likeness (QED) is 0.911. The number of methoxy groups -OCH3 is 1. The normalized spacial score (nSPS) is 27.9. The maximum Gasteiger partial charge on any atom is 0.119 e. The molecule has 2 aromatic rings. The molecule has 1 fully saturated rings. The van der Waals surface area contributed by atoms with Gasteiger partial charge >= 0.3 is 0 Å². The van der Waals surface area contributed by atoms with Crippen LogP contribution in [0.3, 0.4) is 0 Å². The Morgan fingerprint density at radius 2 is 2.30 bits per heavy atom. The van der Waals surface area contributed by atoms with Gasteiger partial charge in [0.1, 0.15) is 5.75 Å². The largest absolute Gasteiger partial charge is 0.497 e. The molecule has 1 saturated heterocycles. The maximum absolute atomic E-state index is 5.46. The first kappa shape index (κ1) is 12.4. The van der Waals surface area contributed by atoms with Crippen molar-refractivity contribution in [1.29, 1.82) is 0 Å². The second-order valence-corrected chi connectivity index (χ2v) is 6.73. The first-order valence-electron chi connectivity index (χ1n) is 7.31. The summed E-state index contributed by atoms with van der Waals surface area (Å²) in [6, 6.07) is 11.0. The van der Waals surface area contributed by atoms with Gasteiger partial charge in [-0.3, -0.25) is 0 Å². The Balaban J connectivity index is 1.93. The number of nitrogens with one attached hydrogen (secondary N) is 1. The highest BCUT2D eigenvalue weighted by atomic mass is 32.1. The first-order chi connectivity index (χ1) is 9.84. The fraction of sp³-hybridized carbons (Fsp3) is 0.412. The van der Waals surface area contributed by atoms with E-state index in [1.807, 2.05) is 11.3 Å². The Morgan fingerprint density at radius 3 is 3.10 bits per heavy atom. The van der Waals surface area contributed by atoms with Gasteiger partial charge < -0.3 is 10.1 Å². The van der Waals surface area contributed by atoms with E-state index in [2.05, 4.69) is 41.0 Å². The van der Waals surface area contributed by atoms with Gasteiger partial charge in [0.05, 0.1) is 12.6 Å². The Labute approximate surface area is 123 Å². The number of piperidine rings is 1. The third-order valence-corrected chi connectivity index (χ3v) is 5.87. The van der Waals surface area contributed by atoms with Crippen LogP contribution in [0.25, 0.3) is 0 Å². The predicted molar refractivity (Wildman–Crippen MR) is 82.5 cm³/mol. The van der Waals surface area contributed by atoms with E-state index in [9.17, 15) is 0 Å². The average molecular weight is 285 g/mol. The summed E-state index contributed by atoms with van der Waals surface area (Å²) in [6.07, 6.45) is 3.77. The van der Waals surface area contributed by atoms with Crippen molar-refractivity contribution in [3.05, 3.63) is 51.7 Å². The van der Waals surface area contributed by atoms with E-state index in [1.165, 1.54) is 35.3 Å². The van der Waals surface area contributed by atoms with Crippen molar-refractivity contribution in [2.75, 3.05) is 13.7 Å². The topological polar surface area (TPSA) is 21.3 Å². The maximum atomic E-state index is 5.46. The van der Waals surface area contributed by atoms with Crippen molar-refractivity contribution < 1.29 is 4.74 Å². The highest BCUT2D eigenvalue weighted by molar-refractivity contribution is 7.10. The molecule has 0 saturated carbocycles. The summed E-state index contributed by atoms with van der Waals surface area (Å²) < 4.78 is 5.46. The van der Waals surface area contributed by atoms with E-state index in [4.69, 9.17) is 4.74 Å². The molecule has 0 radical (unpaired) electrons. The SMILES string of the molecule is COc1ccc2c(c1)C1(c3cccs3)NCCCC1C2. The summed E-state index contributed by atoms with van der Waals surface area (Å²) in [5.74, 6) is 1.64. The third kappa shape index (κ3) is 1.60. The number of rotatable bonds is 2. The monoisotopic (exact) mass is 285 g/mol. The highest BCUT2D eigenvalue weighted by Crippen LogP contribution is 2.51. The van der Waals surface area contributed by atoms with E-state index in [-0.39, 0.29) is 5.54 Å². The van der Waals surface area contributed by atoms with Gasteiger partial charge in [-0.25, -0.2) is 0 Å². The zero-order valence-electron chi connectivity index (χ0n) is 11.7. The zero-order valence-corrected chi connectivity index (χ0v) is 12.5. The van der Waals surface area contributed by atoms with Crippen LogP contribution in [0.5, 0.6) is 5.75 Å². The van der Waals surface area contributed by atoms with Gasteiger partial charge in [0.2, 0.25) is 0 Å². The second-order valence-electron chi connectivity index (χ2n) is 5.78. The van der Waals surface area contributed by atoms with Gasteiger partial charge in [-0.05, 0) is 66.4 Å². The fourth-order valence-corrected chi connectivity index (χ4v) is 4.98. The molecule has 3 heteroatoms. The van der Waals surface area contributed by atoms with E-state index in [1.54, 1.807) is 7.11 Å². The van der Waals surface area contributed by atoms with Gasteiger partial charge in [-0.1, -0.05) is 12.1 Å². The third-order valence-electron chi connectivity index (χ3n) is 4.86. The molecule has 2 aliphatic rings. The van der Waals surface area contributed by atoms with E-state index < -0.39 is 0 Å². The van der Waals surface area contributed by atoms with Crippen molar-refractivity contribution >= 4 is 11.3 Å². The second kappa shape index (κ2) is 4.61. The van der Waals surface area contributed by atoms with Crippen LogP contribution >= 0.6 is 11.3 Å². The van der Waals surface area contributed by atoms with Crippen molar-refractivity contribution in [2.24, 2.45) is 5.92 Å². The number of ether oxygens (including phenoxy) is 1. The Morgan fingerprint density at radius 1 is 1.35 bits per heavy atom. The Bertz CT molecular complexity index is 622. The molecule has 4 rings (SSSR count). The summed E-state index contributed by atoms with van der Waals surface area (Å²) in [4.78, 5) is 1.45. The van der Waals surface area contributed by atoms with Crippen molar-refractivity contribution in [3.8, 4) is 5.75 Å². The lowest BCUT2D eigenvalue weighted by Crippen LogP contribution is -2.50. The van der Waals surface area contributed by atoms with Crippen LogP contribution in [0.1, 0.15) is 28.8 Å². The predicted octanol–water partition coefficient (Wildman–Crippen LogP) is 3.56. The summed E-state index contributed by atoms with van der Waals surface area (Å²) in [5.41, 5.74) is 2.94. The molecule has 1 aromatic carbocycles. The molecule has 2 nitrogen and oxygen atoms in total. The fourth-order valence-electron chi connectivity index (χ4n) is 3.98. The molecule has 0 bridgehead atoms. The van der Waals surface area contributed by atoms with E-state index in [0.29, 0.717) is 5.92 Å².